The molecule has 1 N–H and O–H groups in total. The molecular formula is C22H15ClF3N3O3S. The first-order valence-corrected chi connectivity index (χ1v) is 11.3. The fourth-order valence-electron chi connectivity index (χ4n) is 3.09. The summed E-state index contributed by atoms with van der Waals surface area (Å²) in [7, 11) is -4.27. The molecule has 1 unspecified atom stereocenters. The van der Waals surface area contributed by atoms with Gasteiger partial charge in [0, 0.05) is 23.3 Å². The van der Waals surface area contributed by atoms with E-state index in [9.17, 15) is 21.6 Å². The third-order valence-corrected chi connectivity index (χ3v) is 6.44. The van der Waals surface area contributed by atoms with Crippen molar-refractivity contribution in [3.05, 3.63) is 89.7 Å². The van der Waals surface area contributed by atoms with Gasteiger partial charge in [0.25, 0.3) is 10.0 Å². The van der Waals surface area contributed by atoms with Gasteiger partial charge in [0.1, 0.15) is 10.6 Å². The van der Waals surface area contributed by atoms with Crippen LogP contribution >= 0.6 is 11.6 Å². The van der Waals surface area contributed by atoms with E-state index in [-0.39, 0.29) is 21.2 Å². The number of ether oxygens (including phenoxy) is 1. The van der Waals surface area contributed by atoms with Gasteiger partial charge in [-0.05, 0) is 30.3 Å². The van der Waals surface area contributed by atoms with Crippen molar-refractivity contribution in [1.82, 2.24) is 9.97 Å². The maximum atomic E-state index is 13.9. The molecule has 6 nitrogen and oxygen atoms in total. The lowest BCUT2D eigenvalue weighted by atomic mass is 10.1. The molecule has 0 aliphatic rings. The molecular weight excluding hydrogens is 479 g/mol. The first-order chi connectivity index (χ1) is 15.6. The van der Waals surface area contributed by atoms with Gasteiger partial charge in [-0.1, -0.05) is 48.0 Å². The van der Waals surface area contributed by atoms with E-state index in [2.05, 4.69) is 14.7 Å². The average molecular weight is 494 g/mol. The number of nitrogens with zero attached hydrogens (tertiary/aromatic N) is 2. The van der Waals surface area contributed by atoms with Crippen LogP contribution in [0.25, 0.3) is 10.9 Å². The minimum atomic E-state index is -4.82. The number of para-hydroxylation sites is 1. The molecule has 0 amide bonds. The summed E-state index contributed by atoms with van der Waals surface area (Å²) in [5, 5.41) is 0.441. The van der Waals surface area contributed by atoms with Crippen LogP contribution in [0.3, 0.4) is 0 Å². The number of hydrogen-bond donors (Lipinski definition) is 1. The Hall–Kier alpha value is -3.37. The largest absolute Gasteiger partial charge is 0.458 e. The number of aromatic nitrogens is 2. The van der Waals surface area contributed by atoms with Gasteiger partial charge in [-0.2, -0.15) is 13.2 Å². The lowest BCUT2D eigenvalue weighted by Crippen LogP contribution is -2.27. The second-order valence-electron chi connectivity index (χ2n) is 6.90. The van der Waals surface area contributed by atoms with Crippen molar-refractivity contribution in [1.29, 1.82) is 0 Å². The Morgan fingerprint density at radius 2 is 1.73 bits per heavy atom. The van der Waals surface area contributed by atoms with Crippen LogP contribution in [0.15, 0.2) is 84.0 Å². The fraction of sp³-hybridized carbons (Fsp3) is 0.0909. The summed E-state index contributed by atoms with van der Waals surface area (Å²) in [4.78, 5) is 7.62. The molecule has 170 valence electrons. The number of anilines is 1. The van der Waals surface area contributed by atoms with Crippen molar-refractivity contribution >= 4 is 38.2 Å². The lowest BCUT2D eigenvalue weighted by molar-refractivity contribution is -0.198. The van der Waals surface area contributed by atoms with Gasteiger partial charge in [0.2, 0.25) is 12.0 Å². The number of rotatable bonds is 6. The van der Waals surface area contributed by atoms with E-state index < -0.39 is 28.2 Å². The minimum Gasteiger partial charge on any atom is -0.458 e. The summed E-state index contributed by atoms with van der Waals surface area (Å²) in [5.74, 6) is -0.546. The smallest absolute Gasteiger partial charge is 0.429 e. The van der Waals surface area contributed by atoms with E-state index >= 15 is 0 Å². The zero-order chi connectivity index (χ0) is 23.6. The first kappa shape index (κ1) is 22.8. The Morgan fingerprint density at radius 3 is 2.42 bits per heavy atom. The van der Waals surface area contributed by atoms with Gasteiger partial charge >= 0.3 is 6.18 Å². The topological polar surface area (TPSA) is 81.2 Å². The zero-order valence-corrected chi connectivity index (χ0v) is 18.2. The van der Waals surface area contributed by atoms with Crippen molar-refractivity contribution in [2.75, 3.05) is 4.72 Å². The molecule has 0 aliphatic carbocycles. The maximum Gasteiger partial charge on any atom is 0.429 e. The standard InChI is InChI=1S/C22H15ClF3N3O3S/c23-16-8-2-4-10-19(16)33(30,31)29-18-12-14-6-1-3-9-17(14)28-21(18)32-20(22(24,25)26)15-7-5-11-27-13-15/h1-13,20,29H. The zero-order valence-electron chi connectivity index (χ0n) is 16.6. The molecule has 0 saturated heterocycles. The molecule has 0 bridgehead atoms. The number of nitrogens with one attached hydrogen (secondary N) is 1. The number of hydrogen-bond acceptors (Lipinski definition) is 5. The Kier molecular flexibility index (Phi) is 6.13. The number of pyridine rings is 2. The molecule has 1 atom stereocenters. The van der Waals surface area contributed by atoms with Crippen LogP contribution < -0.4 is 9.46 Å². The summed E-state index contributed by atoms with van der Waals surface area (Å²) in [5.41, 5.74) is -0.216. The van der Waals surface area contributed by atoms with Gasteiger partial charge in [-0.3, -0.25) is 9.71 Å². The van der Waals surface area contributed by atoms with E-state index in [4.69, 9.17) is 16.3 Å². The molecule has 33 heavy (non-hydrogen) atoms. The Bertz CT molecular complexity index is 1400. The van der Waals surface area contributed by atoms with Crippen LogP contribution in [0.4, 0.5) is 18.9 Å². The summed E-state index contributed by atoms with van der Waals surface area (Å²) >= 11 is 6.01. The predicted octanol–water partition coefficient (Wildman–Crippen LogP) is 5.77. The van der Waals surface area contributed by atoms with Crippen molar-refractivity contribution < 1.29 is 26.3 Å². The molecule has 0 spiro atoms. The maximum absolute atomic E-state index is 13.9. The van der Waals surface area contributed by atoms with Crippen LogP contribution in [0, 0.1) is 0 Å². The highest BCUT2D eigenvalue weighted by molar-refractivity contribution is 7.92. The molecule has 4 aromatic rings. The number of halogens is 4. The lowest BCUT2D eigenvalue weighted by Gasteiger charge is -2.23. The van der Waals surface area contributed by atoms with E-state index in [1.165, 1.54) is 42.6 Å². The normalized spacial score (nSPS) is 13.0. The van der Waals surface area contributed by atoms with Gasteiger partial charge in [-0.15, -0.1) is 0 Å². The predicted molar refractivity (Wildman–Crippen MR) is 118 cm³/mol. The Balaban J connectivity index is 1.82. The second-order valence-corrected chi connectivity index (χ2v) is 8.95. The highest BCUT2D eigenvalue weighted by atomic mass is 35.5. The van der Waals surface area contributed by atoms with Gasteiger partial charge < -0.3 is 4.74 Å². The van der Waals surface area contributed by atoms with E-state index in [0.29, 0.717) is 10.9 Å². The van der Waals surface area contributed by atoms with Crippen LogP contribution in [0.1, 0.15) is 11.7 Å². The van der Waals surface area contributed by atoms with Crippen LogP contribution in [0.5, 0.6) is 5.88 Å². The molecule has 2 aromatic heterocycles. The summed E-state index contributed by atoms with van der Waals surface area (Å²) in [6.07, 6.45) is -4.90. The molecule has 0 radical (unpaired) electrons. The molecule has 0 fully saturated rings. The Morgan fingerprint density at radius 1 is 1.00 bits per heavy atom. The van der Waals surface area contributed by atoms with Crippen LogP contribution in [0.2, 0.25) is 5.02 Å². The van der Waals surface area contributed by atoms with Gasteiger partial charge in [0.05, 0.1) is 10.5 Å². The van der Waals surface area contributed by atoms with Crippen molar-refractivity contribution in [2.45, 2.75) is 17.2 Å². The molecule has 2 heterocycles. The highest BCUT2D eigenvalue weighted by Gasteiger charge is 2.44. The van der Waals surface area contributed by atoms with Gasteiger partial charge in [0.15, 0.2) is 0 Å². The third kappa shape index (κ3) is 5.01. The third-order valence-electron chi connectivity index (χ3n) is 4.57. The van der Waals surface area contributed by atoms with Crippen molar-refractivity contribution in [3.8, 4) is 5.88 Å². The van der Waals surface area contributed by atoms with E-state index in [1.807, 2.05) is 0 Å². The van der Waals surface area contributed by atoms with E-state index in [0.717, 1.165) is 6.20 Å². The monoisotopic (exact) mass is 493 g/mol. The number of alkyl halides is 3. The van der Waals surface area contributed by atoms with Crippen molar-refractivity contribution in [3.63, 3.8) is 0 Å². The summed E-state index contributed by atoms with van der Waals surface area (Å²) in [6, 6.07) is 16.1. The first-order valence-electron chi connectivity index (χ1n) is 9.45. The fourth-order valence-corrected chi connectivity index (χ4v) is 4.66. The molecule has 0 aliphatic heterocycles. The molecule has 2 aromatic carbocycles. The number of benzene rings is 2. The highest BCUT2D eigenvalue weighted by Crippen LogP contribution is 2.39. The number of sulfonamides is 1. The average Bonchev–Trinajstić information content (AvgIpc) is 2.77. The SMILES string of the molecule is O=S(=O)(Nc1cc2ccccc2nc1OC(c1cccnc1)C(F)(F)F)c1ccccc1Cl. The molecule has 0 saturated carbocycles. The summed E-state index contributed by atoms with van der Waals surface area (Å²) in [6.45, 7) is 0. The molecule has 4 rings (SSSR count). The minimum absolute atomic E-state index is 0.0512. The van der Waals surface area contributed by atoms with Crippen LogP contribution in [-0.2, 0) is 10.0 Å². The summed E-state index contributed by atoms with van der Waals surface area (Å²) < 4.78 is 75.0. The second kappa shape index (κ2) is 8.87. The quantitative estimate of drug-likeness (QED) is 0.369. The molecule has 11 heteroatoms. The van der Waals surface area contributed by atoms with Crippen molar-refractivity contribution in [2.24, 2.45) is 0 Å². The Labute approximate surface area is 192 Å². The van der Waals surface area contributed by atoms with E-state index in [1.54, 1.807) is 30.3 Å². The van der Waals surface area contributed by atoms with Gasteiger partial charge in [-0.25, -0.2) is 13.4 Å². The van der Waals surface area contributed by atoms with Crippen LogP contribution in [-0.4, -0.2) is 24.6 Å². The number of fused-ring (bicyclic) bond motifs is 1.